The number of benzene rings is 2. The van der Waals surface area contributed by atoms with Crippen LogP contribution in [0.15, 0.2) is 67.3 Å². The van der Waals surface area contributed by atoms with E-state index in [9.17, 15) is 14.4 Å². The second-order valence-electron chi connectivity index (χ2n) is 6.47. The number of nitrogens with one attached hydrogen (secondary N) is 2. The summed E-state index contributed by atoms with van der Waals surface area (Å²) in [7, 11) is 0. The molecule has 0 aliphatic rings. The van der Waals surface area contributed by atoms with Crippen molar-refractivity contribution in [3.8, 4) is 11.3 Å². The fraction of sp³-hybridized carbons (Fsp3) is 0.130. The van der Waals surface area contributed by atoms with E-state index in [2.05, 4.69) is 17.2 Å². The summed E-state index contributed by atoms with van der Waals surface area (Å²) >= 11 is 0. The summed E-state index contributed by atoms with van der Waals surface area (Å²) in [5.74, 6) is -1.39. The SMILES string of the molecule is C=CCNC(=O)NC(=O)COC(=O)c1c(C)c(-c2ccccc2)nc2ccccc12. The quantitative estimate of drug-likeness (QED) is 0.486. The van der Waals surface area contributed by atoms with Gasteiger partial charge in [-0.25, -0.2) is 14.6 Å². The molecule has 152 valence electrons. The van der Waals surface area contributed by atoms with Gasteiger partial charge < -0.3 is 10.1 Å². The summed E-state index contributed by atoms with van der Waals surface area (Å²) in [4.78, 5) is 41.0. The molecule has 0 saturated carbocycles. The highest BCUT2D eigenvalue weighted by Gasteiger charge is 2.21. The smallest absolute Gasteiger partial charge is 0.339 e. The predicted octanol–water partition coefficient (Wildman–Crippen LogP) is 3.38. The molecule has 1 heterocycles. The summed E-state index contributed by atoms with van der Waals surface area (Å²) in [5.41, 5.74) is 3.15. The van der Waals surface area contributed by atoms with Crippen molar-refractivity contribution in [2.24, 2.45) is 0 Å². The van der Waals surface area contributed by atoms with E-state index in [0.29, 0.717) is 27.7 Å². The van der Waals surface area contributed by atoms with Gasteiger partial charge in [0.1, 0.15) is 0 Å². The van der Waals surface area contributed by atoms with Crippen LogP contribution in [0.1, 0.15) is 15.9 Å². The third-order valence-electron chi connectivity index (χ3n) is 4.38. The van der Waals surface area contributed by atoms with Crippen LogP contribution in [0.3, 0.4) is 0 Å². The fourth-order valence-corrected chi connectivity index (χ4v) is 3.02. The number of hydrogen-bond donors (Lipinski definition) is 2. The van der Waals surface area contributed by atoms with Crippen LogP contribution in [0.2, 0.25) is 0 Å². The molecular formula is C23H21N3O4. The second-order valence-corrected chi connectivity index (χ2v) is 6.47. The number of urea groups is 1. The molecule has 7 nitrogen and oxygen atoms in total. The van der Waals surface area contributed by atoms with Crippen molar-refractivity contribution in [3.63, 3.8) is 0 Å². The van der Waals surface area contributed by atoms with E-state index in [1.165, 1.54) is 6.08 Å². The van der Waals surface area contributed by atoms with Crippen molar-refractivity contribution in [1.82, 2.24) is 15.6 Å². The number of pyridine rings is 1. The third kappa shape index (κ3) is 4.70. The minimum absolute atomic E-state index is 0.212. The van der Waals surface area contributed by atoms with Crippen LogP contribution in [-0.2, 0) is 9.53 Å². The fourth-order valence-electron chi connectivity index (χ4n) is 3.02. The molecule has 0 radical (unpaired) electrons. The van der Waals surface area contributed by atoms with Crippen molar-refractivity contribution in [1.29, 1.82) is 0 Å². The minimum atomic E-state index is -0.732. The van der Waals surface area contributed by atoms with Crippen molar-refractivity contribution in [2.45, 2.75) is 6.92 Å². The molecule has 7 heteroatoms. The van der Waals surface area contributed by atoms with E-state index < -0.39 is 24.5 Å². The number of rotatable bonds is 6. The first-order chi connectivity index (χ1) is 14.5. The van der Waals surface area contributed by atoms with Crippen LogP contribution >= 0.6 is 0 Å². The van der Waals surface area contributed by atoms with Gasteiger partial charge in [0.25, 0.3) is 5.91 Å². The summed E-state index contributed by atoms with van der Waals surface area (Å²) < 4.78 is 5.20. The number of fused-ring (bicyclic) bond motifs is 1. The lowest BCUT2D eigenvalue weighted by atomic mass is 9.98. The number of amides is 3. The van der Waals surface area contributed by atoms with Crippen LogP contribution in [0.5, 0.6) is 0 Å². The Hall–Kier alpha value is -4.00. The number of nitrogens with zero attached hydrogens (tertiary/aromatic N) is 1. The van der Waals surface area contributed by atoms with Crippen molar-refractivity contribution < 1.29 is 19.1 Å². The Morgan fingerprint density at radius 1 is 1.07 bits per heavy atom. The van der Waals surface area contributed by atoms with Crippen molar-refractivity contribution in [3.05, 3.63) is 78.4 Å². The van der Waals surface area contributed by atoms with Gasteiger partial charge >= 0.3 is 12.0 Å². The number of hydrogen-bond acceptors (Lipinski definition) is 5. The average molecular weight is 403 g/mol. The van der Waals surface area contributed by atoms with E-state index >= 15 is 0 Å². The van der Waals surface area contributed by atoms with Gasteiger partial charge in [-0.1, -0.05) is 54.6 Å². The molecule has 2 N–H and O–H groups in total. The second kappa shape index (κ2) is 9.47. The largest absolute Gasteiger partial charge is 0.452 e. The Labute approximate surface area is 173 Å². The third-order valence-corrected chi connectivity index (χ3v) is 4.38. The number of esters is 1. The Bertz CT molecular complexity index is 1110. The van der Waals surface area contributed by atoms with Crippen LogP contribution in [0, 0.1) is 6.92 Å². The highest BCUT2D eigenvalue weighted by molar-refractivity contribution is 6.07. The number of aromatic nitrogens is 1. The molecule has 3 amide bonds. The molecule has 1 aromatic heterocycles. The van der Waals surface area contributed by atoms with Crippen LogP contribution in [0.25, 0.3) is 22.2 Å². The maximum Gasteiger partial charge on any atom is 0.339 e. The lowest BCUT2D eigenvalue weighted by molar-refractivity contribution is -0.123. The maximum atomic E-state index is 12.9. The molecule has 3 rings (SSSR count). The first-order valence-corrected chi connectivity index (χ1v) is 9.31. The zero-order valence-electron chi connectivity index (χ0n) is 16.5. The highest BCUT2D eigenvalue weighted by Crippen LogP contribution is 2.30. The van der Waals surface area contributed by atoms with Gasteiger partial charge in [0, 0.05) is 17.5 Å². The standard InChI is InChI=1S/C23H21N3O4/c1-3-13-24-23(29)26-19(27)14-30-22(28)20-15(2)21(16-9-5-4-6-10-16)25-18-12-8-7-11-17(18)20/h3-12H,1,13-14H2,2H3,(H2,24,26,27,29). The molecule has 0 atom stereocenters. The lowest BCUT2D eigenvalue weighted by Crippen LogP contribution is -2.41. The van der Waals surface area contributed by atoms with Crippen molar-refractivity contribution >= 4 is 28.8 Å². The predicted molar refractivity (Wildman–Crippen MR) is 114 cm³/mol. The van der Waals surface area contributed by atoms with Gasteiger partial charge in [-0.15, -0.1) is 6.58 Å². The zero-order chi connectivity index (χ0) is 21.5. The molecule has 2 aromatic carbocycles. The molecule has 0 unspecified atom stereocenters. The number of ether oxygens (including phenoxy) is 1. The molecule has 0 aliphatic carbocycles. The van der Waals surface area contributed by atoms with Gasteiger partial charge in [-0.05, 0) is 18.6 Å². The number of imide groups is 1. The topological polar surface area (TPSA) is 97.4 Å². The molecule has 0 spiro atoms. The van der Waals surface area contributed by atoms with E-state index in [1.54, 1.807) is 19.1 Å². The lowest BCUT2D eigenvalue weighted by Gasteiger charge is -2.14. The van der Waals surface area contributed by atoms with E-state index in [0.717, 1.165) is 5.56 Å². The molecule has 0 saturated heterocycles. The summed E-state index contributed by atoms with van der Waals surface area (Å²) in [6, 6.07) is 16.1. The number of carbonyl (C=O) groups excluding carboxylic acids is 3. The normalized spacial score (nSPS) is 10.3. The highest BCUT2D eigenvalue weighted by atomic mass is 16.5. The molecule has 3 aromatic rings. The van der Waals surface area contributed by atoms with E-state index in [1.807, 2.05) is 42.5 Å². The average Bonchev–Trinajstić information content (AvgIpc) is 2.76. The van der Waals surface area contributed by atoms with Gasteiger partial charge in [0.15, 0.2) is 6.61 Å². The summed E-state index contributed by atoms with van der Waals surface area (Å²) in [6.45, 7) is 4.88. The Balaban J connectivity index is 1.86. The number of carbonyl (C=O) groups is 3. The van der Waals surface area contributed by atoms with E-state index in [-0.39, 0.29) is 6.54 Å². The molecule has 0 bridgehead atoms. The van der Waals surface area contributed by atoms with E-state index in [4.69, 9.17) is 9.72 Å². The van der Waals surface area contributed by atoms with Crippen LogP contribution in [0.4, 0.5) is 4.79 Å². The van der Waals surface area contributed by atoms with Crippen LogP contribution in [-0.4, -0.2) is 36.0 Å². The Morgan fingerprint density at radius 2 is 1.77 bits per heavy atom. The Kier molecular flexibility index (Phi) is 6.54. The molecule has 30 heavy (non-hydrogen) atoms. The zero-order valence-corrected chi connectivity index (χ0v) is 16.5. The summed E-state index contributed by atoms with van der Waals surface area (Å²) in [6.07, 6.45) is 1.48. The number of para-hydroxylation sites is 1. The monoisotopic (exact) mass is 403 g/mol. The van der Waals surface area contributed by atoms with Gasteiger partial charge in [-0.2, -0.15) is 0 Å². The minimum Gasteiger partial charge on any atom is -0.452 e. The van der Waals surface area contributed by atoms with Gasteiger partial charge in [0.2, 0.25) is 0 Å². The first-order valence-electron chi connectivity index (χ1n) is 9.31. The van der Waals surface area contributed by atoms with Gasteiger partial charge in [-0.3, -0.25) is 10.1 Å². The van der Waals surface area contributed by atoms with Crippen LogP contribution < -0.4 is 10.6 Å². The Morgan fingerprint density at radius 3 is 2.50 bits per heavy atom. The van der Waals surface area contributed by atoms with Gasteiger partial charge in [0.05, 0.1) is 16.8 Å². The molecule has 0 aliphatic heterocycles. The molecule has 0 fully saturated rings. The first kappa shape index (κ1) is 20.7. The maximum absolute atomic E-state index is 12.9. The molecular weight excluding hydrogens is 382 g/mol. The summed E-state index contributed by atoms with van der Waals surface area (Å²) in [5, 5.41) is 5.12. The van der Waals surface area contributed by atoms with Crippen molar-refractivity contribution in [2.75, 3.05) is 13.2 Å².